The maximum Gasteiger partial charge on any atom is 0.354 e. The smallest absolute Gasteiger partial charge is 0.354 e. The summed E-state index contributed by atoms with van der Waals surface area (Å²) in [5.74, 6) is 0.0604. The Morgan fingerprint density at radius 1 is 0.337 bits per heavy atom. The Balaban J connectivity index is 0.000000408. The molecule has 4 N–H and O–H groups in total. The SMILES string of the molecule is CC(C)Oc1ccc[c-]c1-c1ccccn1.CCOc1ccc[c-]c1-c1ccccn1.COc1ccc[c-]c1-c1ccccn1.O=C(O)c1ccccn1.O=C(O)c1ccccn1.O=C(O)c1ccccn1.O=C(O)c1ccccn1.[Ir].[Ir].[Ir].[Ir].[c-]1cccc(Oc2ccccc2)c1-c1ccccn1. The van der Waals surface area contributed by atoms with Crippen LogP contribution in [0.2, 0.25) is 0 Å². The third-order valence-electron chi connectivity index (χ3n) is 12.3. The molecule has 24 heteroatoms. The van der Waals surface area contributed by atoms with Gasteiger partial charge in [-0.05, 0) is 128 Å². The molecule has 0 aliphatic carbocycles. The van der Waals surface area contributed by atoms with Gasteiger partial charge in [0.25, 0.3) is 0 Å². The van der Waals surface area contributed by atoms with Crippen molar-refractivity contribution in [3.8, 4) is 73.8 Å². The molecule has 13 rings (SSSR count). The second kappa shape index (κ2) is 52.0. The number of pyridine rings is 8. The standard InChI is InChI=1S/C17H12NO.C14H14NO.C13H12NO.C12H10NO.4C6H5NO2.4Ir/c1-2-8-14(9-3-1)19-17-12-5-4-10-15(17)16-11-6-7-13-18-16;1-11(2)16-14-9-4-3-7-12(14)13-8-5-6-10-15-13;1-2-15-13-9-4-3-7-11(13)12-8-5-6-10-14-12;1-14-12-8-3-2-6-10(12)11-7-4-5-9-13-11;4*8-6(9)5-3-1-2-4-7-5;;;;/h1-9,11-13H;3-6,8-11H,1-2H3;3-6,8-10H,2H2,1H3;2-5,7-9H,1H3;4*1-4H,(H,8,9);;;;/q4*-1;;;;;;;;. The van der Waals surface area contributed by atoms with Gasteiger partial charge in [0.2, 0.25) is 0 Å². The van der Waals surface area contributed by atoms with Gasteiger partial charge in [-0.2, -0.15) is 0 Å². The van der Waals surface area contributed by atoms with E-state index < -0.39 is 23.9 Å². The number of methoxy groups -OCH3 is 1. The fourth-order valence-corrected chi connectivity index (χ4v) is 7.98. The average Bonchev–Trinajstić information content (AvgIpc) is 0.855. The molecule has 20 nitrogen and oxygen atoms in total. The van der Waals surface area contributed by atoms with Crippen molar-refractivity contribution in [3.05, 3.63) is 345 Å². The Morgan fingerprint density at radius 2 is 0.606 bits per heavy atom. The molecule has 0 spiro atoms. The first kappa shape index (κ1) is 89.1. The van der Waals surface area contributed by atoms with Crippen molar-refractivity contribution >= 4 is 23.9 Å². The molecule has 8 heterocycles. The summed E-state index contributed by atoms with van der Waals surface area (Å²) in [6, 6.07) is 87.3. The Labute approximate surface area is 657 Å². The minimum absolute atomic E-state index is 0. The first-order valence-electron chi connectivity index (χ1n) is 30.6. The van der Waals surface area contributed by atoms with Crippen molar-refractivity contribution in [2.24, 2.45) is 0 Å². The Kier molecular flexibility index (Phi) is 44.5. The average molecular weight is 2100 g/mol. The summed E-state index contributed by atoms with van der Waals surface area (Å²) in [6.07, 6.45) is 13.0. The summed E-state index contributed by atoms with van der Waals surface area (Å²) in [4.78, 5) is 72.0. The van der Waals surface area contributed by atoms with E-state index in [1.165, 1.54) is 49.1 Å². The van der Waals surface area contributed by atoms with E-state index in [4.69, 9.17) is 39.4 Å². The molecule has 13 aromatic rings. The third kappa shape index (κ3) is 32.7. The van der Waals surface area contributed by atoms with Gasteiger partial charge in [0.1, 0.15) is 28.5 Å². The Hall–Kier alpha value is -11.0. The number of para-hydroxylation sites is 1. The molecular weight excluding hydrogens is 2030 g/mol. The molecule has 104 heavy (non-hydrogen) atoms. The van der Waals surface area contributed by atoms with Crippen LogP contribution in [0, 0.1) is 24.3 Å². The molecule has 0 saturated heterocycles. The zero-order valence-electron chi connectivity index (χ0n) is 56.0. The topological polar surface area (TPSA) is 289 Å². The van der Waals surface area contributed by atoms with Crippen molar-refractivity contribution in [1.29, 1.82) is 0 Å². The van der Waals surface area contributed by atoms with Crippen LogP contribution in [0.5, 0.6) is 28.7 Å². The Bertz CT molecular complexity index is 4280. The largest absolute Gasteiger partial charge is 0.540 e. The van der Waals surface area contributed by atoms with Crippen LogP contribution in [0.25, 0.3) is 45.0 Å². The summed E-state index contributed by atoms with van der Waals surface area (Å²) in [5, 5.41) is 33.3. The molecule has 0 fully saturated rings. The molecule has 0 saturated carbocycles. The zero-order chi connectivity index (χ0) is 71.4. The first-order chi connectivity index (χ1) is 48.8. The number of rotatable bonds is 15. The third-order valence-corrected chi connectivity index (χ3v) is 12.3. The van der Waals surface area contributed by atoms with Gasteiger partial charge in [-0.1, -0.05) is 113 Å². The van der Waals surface area contributed by atoms with Crippen LogP contribution in [0.15, 0.2) is 298 Å². The Morgan fingerprint density at radius 3 is 0.875 bits per heavy atom. The number of hydrogen-bond donors (Lipinski definition) is 4. The zero-order valence-corrected chi connectivity index (χ0v) is 65.6. The van der Waals surface area contributed by atoms with Gasteiger partial charge in [-0.15, -0.1) is 97.1 Å². The number of carboxylic acids is 4. The minimum atomic E-state index is -0.990. The summed E-state index contributed by atoms with van der Waals surface area (Å²) < 4.78 is 22.4. The predicted octanol–water partition coefficient (Wildman–Crippen LogP) is 16.3. The number of aromatic carboxylic acids is 4. The number of aromatic nitrogens is 8. The molecule has 0 amide bonds. The monoisotopic (exact) mass is 2100 g/mol. The maximum absolute atomic E-state index is 10.1. The molecule has 0 bridgehead atoms. The van der Waals surface area contributed by atoms with E-state index in [1.54, 1.807) is 80.4 Å². The van der Waals surface area contributed by atoms with Gasteiger partial charge in [0.15, 0.2) is 0 Å². The van der Waals surface area contributed by atoms with Crippen LogP contribution in [0.1, 0.15) is 62.7 Å². The van der Waals surface area contributed by atoms with Crippen molar-refractivity contribution in [3.63, 3.8) is 0 Å². The van der Waals surface area contributed by atoms with Crippen molar-refractivity contribution in [2.75, 3.05) is 13.7 Å². The van der Waals surface area contributed by atoms with Gasteiger partial charge in [0, 0.05) is 153 Å². The number of nitrogens with zero attached hydrogens (tertiary/aromatic N) is 8. The molecule has 0 aliphatic rings. The fraction of sp³-hybridized carbons (Fsp3) is 0.0750. The first-order valence-corrected chi connectivity index (χ1v) is 30.6. The molecular formula is C80H68Ir4N8O12-4. The van der Waals surface area contributed by atoms with E-state index >= 15 is 0 Å². The number of carbonyl (C=O) groups is 4. The van der Waals surface area contributed by atoms with Crippen LogP contribution < -0.4 is 18.9 Å². The molecule has 8 aromatic heterocycles. The summed E-state index contributed by atoms with van der Waals surface area (Å²) in [6.45, 7) is 6.64. The van der Waals surface area contributed by atoms with Crippen LogP contribution in [-0.4, -0.2) is 104 Å². The number of ether oxygens (including phenoxy) is 4. The quantitative estimate of drug-likeness (QED) is 0.0694. The molecule has 0 unspecified atom stereocenters. The van der Waals surface area contributed by atoms with Gasteiger partial charge >= 0.3 is 23.9 Å². The fourth-order valence-electron chi connectivity index (χ4n) is 7.98. The van der Waals surface area contributed by atoms with E-state index in [9.17, 15) is 19.2 Å². The second-order valence-electron chi connectivity index (χ2n) is 19.8. The van der Waals surface area contributed by atoms with Crippen LogP contribution in [0.4, 0.5) is 0 Å². The molecule has 0 atom stereocenters. The van der Waals surface area contributed by atoms with Gasteiger partial charge in [-0.25, -0.2) is 39.1 Å². The molecule has 5 aromatic carbocycles. The minimum Gasteiger partial charge on any atom is -0.540 e. The van der Waals surface area contributed by atoms with Gasteiger partial charge in [-0.3, -0.25) is 0 Å². The summed E-state index contributed by atoms with van der Waals surface area (Å²) in [5.41, 5.74) is 7.43. The molecule has 4 radical (unpaired) electrons. The van der Waals surface area contributed by atoms with Crippen LogP contribution >= 0.6 is 0 Å². The predicted molar refractivity (Wildman–Crippen MR) is 379 cm³/mol. The summed E-state index contributed by atoms with van der Waals surface area (Å²) >= 11 is 0. The van der Waals surface area contributed by atoms with E-state index in [2.05, 4.69) is 64.1 Å². The van der Waals surface area contributed by atoms with Gasteiger partial charge in [0.05, 0.1) is 19.8 Å². The van der Waals surface area contributed by atoms with Crippen molar-refractivity contribution < 1.29 is 139 Å². The maximum atomic E-state index is 10.1. The number of benzene rings is 5. The van der Waals surface area contributed by atoms with Crippen LogP contribution in [0.3, 0.4) is 0 Å². The van der Waals surface area contributed by atoms with Crippen LogP contribution in [-0.2, 0) is 80.4 Å². The van der Waals surface area contributed by atoms with E-state index in [1.807, 2.05) is 197 Å². The molecule has 540 valence electrons. The van der Waals surface area contributed by atoms with E-state index in [0.29, 0.717) is 6.61 Å². The van der Waals surface area contributed by atoms with Crippen molar-refractivity contribution in [2.45, 2.75) is 26.9 Å². The van der Waals surface area contributed by atoms with E-state index in [0.717, 1.165) is 73.8 Å². The second-order valence-corrected chi connectivity index (χ2v) is 19.8. The molecule has 0 aliphatic heterocycles. The van der Waals surface area contributed by atoms with E-state index in [-0.39, 0.29) is 109 Å². The normalized spacial score (nSPS) is 9.28. The summed E-state index contributed by atoms with van der Waals surface area (Å²) in [7, 11) is 1.65. The van der Waals surface area contributed by atoms with Crippen molar-refractivity contribution in [1.82, 2.24) is 39.9 Å². The number of hydrogen-bond acceptors (Lipinski definition) is 16. The van der Waals surface area contributed by atoms with Gasteiger partial charge < -0.3 is 59.3 Å². The number of carboxylic acid groups (broad SMARTS) is 4.